The molecule has 3 aromatic rings. The maximum Gasteiger partial charge on any atom is 0.372 e. The van der Waals surface area contributed by atoms with Gasteiger partial charge in [-0.2, -0.15) is 0 Å². The molecule has 2 heterocycles. The van der Waals surface area contributed by atoms with Gasteiger partial charge in [-0.1, -0.05) is 11.3 Å². The molecule has 23 heavy (non-hydrogen) atoms. The standard InChI is InChI=1S/C15H13N3O5/c19-12-2-1-3-13(6-12)23-9-11-8-18(17-16-11)7-10-4-5-22-14(10)15(20)21/h1-6,8,19H,7,9H2,(H,20,21). The third kappa shape index (κ3) is 3.49. The quantitative estimate of drug-likeness (QED) is 0.714. The lowest BCUT2D eigenvalue weighted by Crippen LogP contribution is -2.05. The van der Waals surface area contributed by atoms with Crippen LogP contribution >= 0.6 is 0 Å². The average Bonchev–Trinajstić information content (AvgIpc) is 3.15. The number of aromatic nitrogens is 3. The molecule has 0 radical (unpaired) electrons. The Bertz CT molecular complexity index is 824. The molecule has 0 amide bonds. The molecule has 8 heteroatoms. The molecule has 0 aliphatic carbocycles. The van der Waals surface area contributed by atoms with Crippen molar-refractivity contribution in [3.8, 4) is 11.5 Å². The van der Waals surface area contributed by atoms with Gasteiger partial charge in [0.25, 0.3) is 0 Å². The monoisotopic (exact) mass is 315 g/mol. The predicted octanol–water partition coefficient (Wildman–Crippen LogP) is 1.90. The van der Waals surface area contributed by atoms with Crippen LogP contribution in [0.5, 0.6) is 11.5 Å². The zero-order chi connectivity index (χ0) is 16.2. The van der Waals surface area contributed by atoms with Crippen molar-refractivity contribution in [2.75, 3.05) is 0 Å². The number of benzene rings is 1. The second-order valence-corrected chi connectivity index (χ2v) is 4.77. The Labute approximate surface area is 130 Å². The van der Waals surface area contributed by atoms with E-state index in [9.17, 15) is 9.90 Å². The van der Waals surface area contributed by atoms with Crippen molar-refractivity contribution in [1.82, 2.24) is 15.0 Å². The van der Waals surface area contributed by atoms with Crippen LogP contribution in [-0.2, 0) is 13.2 Å². The molecule has 0 saturated carbocycles. The first-order valence-corrected chi connectivity index (χ1v) is 6.72. The number of nitrogens with zero attached hydrogens (tertiary/aromatic N) is 3. The molecule has 0 atom stereocenters. The lowest BCUT2D eigenvalue weighted by atomic mass is 10.2. The van der Waals surface area contributed by atoms with E-state index in [1.54, 1.807) is 30.5 Å². The summed E-state index contributed by atoms with van der Waals surface area (Å²) in [5, 5.41) is 26.2. The summed E-state index contributed by atoms with van der Waals surface area (Å²) >= 11 is 0. The summed E-state index contributed by atoms with van der Waals surface area (Å²) in [7, 11) is 0. The molecule has 2 N–H and O–H groups in total. The molecule has 0 bridgehead atoms. The number of rotatable bonds is 6. The number of carboxylic acids is 1. The van der Waals surface area contributed by atoms with Gasteiger partial charge in [-0.3, -0.25) is 0 Å². The van der Waals surface area contributed by atoms with E-state index >= 15 is 0 Å². The minimum Gasteiger partial charge on any atom is -0.508 e. The first-order valence-electron chi connectivity index (χ1n) is 6.72. The minimum absolute atomic E-state index is 0.113. The fraction of sp³-hybridized carbons (Fsp3) is 0.133. The van der Waals surface area contributed by atoms with Crippen LogP contribution < -0.4 is 4.74 Å². The van der Waals surface area contributed by atoms with Gasteiger partial charge in [0.15, 0.2) is 0 Å². The fourth-order valence-corrected chi connectivity index (χ4v) is 2.03. The van der Waals surface area contributed by atoms with Crippen molar-refractivity contribution in [1.29, 1.82) is 0 Å². The number of hydrogen-bond donors (Lipinski definition) is 2. The van der Waals surface area contributed by atoms with Crippen LogP contribution in [-0.4, -0.2) is 31.2 Å². The molecule has 1 aromatic carbocycles. The molecule has 0 saturated heterocycles. The largest absolute Gasteiger partial charge is 0.508 e. The summed E-state index contributed by atoms with van der Waals surface area (Å²) in [6.45, 7) is 0.415. The highest BCUT2D eigenvalue weighted by atomic mass is 16.5. The van der Waals surface area contributed by atoms with Crippen LogP contribution in [0.25, 0.3) is 0 Å². The zero-order valence-corrected chi connectivity index (χ0v) is 11.9. The van der Waals surface area contributed by atoms with Crippen LogP contribution in [0.15, 0.2) is 47.2 Å². The van der Waals surface area contributed by atoms with Gasteiger partial charge in [-0.25, -0.2) is 9.48 Å². The summed E-state index contributed by atoms with van der Waals surface area (Å²) < 4.78 is 11.9. The lowest BCUT2D eigenvalue weighted by molar-refractivity contribution is 0.0660. The average molecular weight is 315 g/mol. The summed E-state index contributed by atoms with van der Waals surface area (Å²) in [6, 6.07) is 8.01. The van der Waals surface area contributed by atoms with Crippen LogP contribution in [0.3, 0.4) is 0 Å². The van der Waals surface area contributed by atoms with E-state index in [0.29, 0.717) is 17.0 Å². The van der Waals surface area contributed by atoms with E-state index < -0.39 is 5.97 Å². The fourth-order valence-electron chi connectivity index (χ4n) is 2.03. The van der Waals surface area contributed by atoms with E-state index in [4.69, 9.17) is 14.3 Å². The summed E-state index contributed by atoms with van der Waals surface area (Å²) in [5.74, 6) is -0.606. The zero-order valence-electron chi connectivity index (χ0n) is 11.9. The topological polar surface area (TPSA) is 111 Å². The SMILES string of the molecule is O=C(O)c1occc1Cn1cc(COc2cccc(O)c2)nn1. The first kappa shape index (κ1) is 14.6. The van der Waals surface area contributed by atoms with Crippen LogP contribution in [0, 0.1) is 0 Å². The van der Waals surface area contributed by atoms with Crippen LogP contribution in [0.1, 0.15) is 21.8 Å². The number of carboxylic acid groups (broad SMARTS) is 1. The molecule has 0 aliphatic heterocycles. The first-order chi connectivity index (χ1) is 11.1. The second kappa shape index (κ2) is 6.22. The van der Waals surface area contributed by atoms with Gasteiger partial charge < -0.3 is 19.4 Å². The smallest absolute Gasteiger partial charge is 0.372 e. The lowest BCUT2D eigenvalue weighted by Gasteiger charge is -2.03. The molecule has 0 aliphatic rings. The van der Waals surface area contributed by atoms with Crippen molar-refractivity contribution < 1.29 is 24.2 Å². The van der Waals surface area contributed by atoms with Gasteiger partial charge in [0.2, 0.25) is 5.76 Å². The number of hydrogen-bond acceptors (Lipinski definition) is 6. The highest BCUT2D eigenvalue weighted by molar-refractivity contribution is 5.86. The van der Waals surface area contributed by atoms with Gasteiger partial charge in [-0.15, -0.1) is 5.10 Å². The predicted molar refractivity (Wildman–Crippen MR) is 77.2 cm³/mol. The van der Waals surface area contributed by atoms with Crippen LogP contribution in [0.4, 0.5) is 0 Å². The van der Waals surface area contributed by atoms with Gasteiger partial charge in [-0.05, 0) is 18.2 Å². The molecule has 3 rings (SSSR count). The number of aromatic carboxylic acids is 1. The Hall–Kier alpha value is -3.29. The van der Waals surface area contributed by atoms with Crippen molar-refractivity contribution in [3.05, 3.63) is 59.8 Å². The Morgan fingerprint density at radius 1 is 1.35 bits per heavy atom. The number of carbonyl (C=O) groups is 1. The van der Waals surface area contributed by atoms with Gasteiger partial charge >= 0.3 is 5.97 Å². The van der Waals surface area contributed by atoms with E-state index in [0.717, 1.165) is 0 Å². The van der Waals surface area contributed by atoms with Crippen molar-refractivity contribution >= 4 is 5.97 Å². The summed E-state index contributed by atoms with van der Waals surface area (Å²) in [4.78, 5) is 11.0. The number of furan rings is 1. The van der Waals surface area contributed by atoms with Crippen molar-refractivity contribution in [2.45, 2.75) is 13.2 Å². The van der Waals surface area contributed by atoms with E-state index in [1.807, 2.05) is 0 Å². The highest BCUT2D eigenvalue weighted by Crippen LogP contribution is 2.18. The van der Waals surface area contributed by atoms with E-state index in [-0.39, 0.29) is 24.7 Å². The molecule has 0 fully saturated rings. The maximum atomic E-state index is 11.0. The second-order valence-electron chi connectivity index (χ2n) is 4.77. The third-order valence-corrected chi connectivity index (χ3v) is 3.06. The Morgan fingerprint density at radius 2 is 2.22 bits per heavy atom. The van der Waals surface area contributed by atoms with E-state index in [1.165, 1.54) is 17.0 Å². The summed E-state index contributed by atoms with van der Waals surface area (Å²) in [6.07, 6.45) is 2.98. The molecule has 8 nitrogen and oxygen atoms in total. The molecule has 2 aromatic heterocycles. The Kier molecular flexibility index (Phi) is 3.96. The Balaban J connectivity index is 1.64. The third-order valence-electron chi connectivity index (χ3n) is 3.06. The van der Waals surface area contributed by atoms with Gasteiger partial charge in [0, 0.05) is 11.6 Å². The van der Waals surface area contributed by atoms with E-state index in [2.05, 4.69) is 10.3 Å². The number of phenolic OH excluding ortho intramolecular Hbond substituents is 1. The van der Waals surface area contributed by atoms with Crippen LogP contribution in [0.2, 0.25) is 0 Å². The maximum absolute atomic E-state index is 11.0. The highest BCUT2D eigenvalue weighted by Gasteiger charge is 2.14. The van der Waals surface area contributed by atoms with Gasteiger partial charge in [0.1, 0.15) is 23.8 Å². The van der Waals surface area contributed by atoms with Crippen molar-refractivity contribution in [3.63, 3.8) is 0 Å². The molecule has 118 valence electrons. The normalized spacial score (nSPS) is 10.6. The summed E-state index contributed by atoms with van der Waals surface area (Å²) in [5.41, 5.74) is 1.08. The number of phenols is 1. The molecular formula is C15H13N3O5. The molecular weight excluding hydrogens is 302 g/mol. The van der Waals surface area contributed by atoms with Gasteiger partial charge in [0.05, 0.1) is 19.0 Å². The number of aromatic hydroxyl groups is 1. The molecule has 0 unspecified atom stereocenters. The van der Waals surface area contributed by atoms with Crippen molar-refractivity contribution in [2.24, 2.45) is 0 Å². The number of ether oxygens (including phenoxy) is 1. The molecule has 0 spiro atoms. The Morgan fingerprint density at radius 3 is 3.00 bits per heavy atom. The minimum atomic E-state index is -1.13.